The first kappa shape index (κ1) is 24.8. The molecule has 0 aliphatic heterocycles. The Morgan fingerprint density at radius 2 is 1.26 bits per heavy atom. The van der Waals surface area contributed by atoms with Crippen LogP contribution in [0.4, 0.5) is 0 Å². The van der Waals surface area contributed by atoms with Crippen molar-refractivity contribution in [1.82, 2.24) is 0 Å². The largest absolute Gasteiger partial charge is 0.508 e. The molecule has 0 fully saturated rings. The summed E-state index contributed by atoms with van der Waals surface area (Å²) >= 11 is 0. The van der Waals surface area contributed by atoms with Crippen LogP contribution in [0.5, 0.6) is 11.5 Å². The van der Waals surface area contributed by atoms with E-state index in [9.17, 15) is 20.1 Å². The van der Waals surface area contributed by atoms with E-state index in [1.807, 2.05) is 24.3 Å². The van der Waals surface area contributed by atoms with Crippen LogP contribution in [-0.2, 0) is 23.1 Å². The maximum Gasteiger partial charge on any atom is 0.303 e. The molecule has 0 heterocycles. The fourth-order valence-corrected chi connectivity index (χ4v) is 4.20. The van der Waals surface area contributed by atoms with E-state index in [2.05, 4.69) is 20.8 Å². The third-order valence-electron chi connectivity index (χ3n) is 6.37. The zero-order valence-corrected chi connectivity index (χ0v) is 19.3. The molecule has 3 N–H and O–H groups in total. The highest BCUT2D eigenvalue weighted by Crippen LogP contribution is 2.40. The molecule has 2 aromatic carbocycles. The Kier molecular flexibility index (Phi) is 9.42. The lowest BCUT2D eigenvalue weighted by molar-refractivity contribution is -0.137. The van der Waals surface area contributed by atoms with Gasteiger partial charge in [0, 0.05) is 11.8 Å². The van der Waals surface area contributed by atoms with Gasteiger partial charge in [0.1, 0.15) is 11.5 Å². The number of aryl methyl sites for hydroxylation is 2. The van der Waals surface area contributed by atoms with Gasteiger partial charge in [-0.1, -0.05) is 70.7 Å². The second-order valence-corrected chi connectivity index (χ2v) is 8.83. The van der Waals surface area contributed by atoms with Crippen molar-refractivity contribution in [2.45, 2.75) is 90.4 Å². The summed E-state index contributed by atoms with van der Waals surface area (Å²) in [6.45, 7) is 6.38. The van der Waals surface area contributed by atoms with Crippen molar-refractivity contribution in [3.05, 3.63) is 58.7 Å². The summed E-state index contributed by atoms with van der Waals surface area (Å²) in [6, 6.07) is 11.4. The highest BCUT2D eigenvalue weighted by Gasteiger charge is 2.31. The standard InChI is InChI=1S/C27H38O4/c1-4-6-8-10-20-18-22(12-14-24(20)28)27(3,17-16-26(30)31)23-13-15-25(29)21(19-23)11-9-7-5-2/h12-15,18-19,28-29H,4-11,16-17H2,1-3H3,(H,30,31). The summed E-state index contributed by atoms with van der Waals surface area (Å²) in [5.41, 5.74) is 3.30. The molecule has 0 bridgehead atoms. The zero-order chi connectivity index (χ0) is 22.9. The first-order chi connectivity index (χ1) is 14.8. The quantitative estimate of drug-likeness (QED) is 0.310. The van der Waals surface area contributed by atoms with Gasteiger partial charge in [0.25, 0.3) is 0 Å². The summed E-state index contributed by atoms with van der Waals surface area (Å²) in [7, 11) is 0. The summed E-state index contributed by atoms with van der Waals surface area (Å²) in [6.07, 6.45) is 8.59. The Labute approximate surface area is 187 Å². The van der Waals surface area contributed by atoms with Crippen LogP contribution in [0, 0.1) is 0 Å². The highest BCUT2D eigenvalue weighted by atomic mass is 16.4. The number of carbonyl (C=O) groups is 1. The molecule has 0 amide bonds. The van der Waals surface area contributed by atoms with Crippen LogP contribution in [0.25, 0.3) is 0 Å². The number of unbranched alkanes of at least 4 members (excludes halogenated alkanes) is 4. The molecule has 0 radical (unpaired) electrons. The topological polar surface area (TPSA) is 77.8 Å². The Balaban J connectivity index is 2.46. The molecule has 2 aromatic rings. The van der Waals surface area contributed by atoms with Crippen molar-refractivity contribution in [1.29, 1.82) is 0 Å². The number of hydrogen-bond acceptors (Lipinski definition) is 3. The van der Waals surface area contributed by atoms with Crippen LogP contribution >= 0.6 is 0 Å². The van der Waals surface area contributed by atoms with Crippen molar-refractivity contribution in [3.63, 3.8) is 0 Å². The van der Waals surface area contributed by atoms with Gasteiger partial charge >= 0.3 is 5.97 Å². The second-order valence-electron chi connectivity index (χ2n) is 8.83. The SMILES string of the molecule is CCCCCc1cc(C(C)(CCC(=O)O)c2ccc(O)c(CCCCC)c2)ccc1O. The number of phenols is 2. The molecule has 0 unspecified atom stereocenters. The fourth-order valence-electron chi connectivity index (χ4n) is 4.20. The van der Waals surface area contributed by atoms with Crippen LogP contribution in [0.2, 0.25) is 0 Å². The number of carboxylic acids is 1. The Bertz CT molecular complexity index is 797. The predicted octanol–water partition coefficient (Wildman–Crippen LogP) is 6.73. The van der Waals surface area contributed by atoms with E-state index < -0.39 is 11.4 Å². The molecule has 0 spiro atoms. The fraction of sp³-hybridized carbons (Fsp3) is 0.519. The van der Waals surface area contributed by atoms with E-state index in [4.69, 9.17) is 0 Å². The van der Waals surface area contributed by atoms with Crippen molar-refractivity contribution in [2.75, 3.05) is 0 Å². The molecule has 0 aliphatic rings. The average molecular weight is 427 g/mol. The Morgan fingerprint density at radius 3 is 1.65 bits per heavy atom. The summed E-state index contributed by atoms with van der Waals surface area (Å²) in [5.74, 6) is -0.229. The molecule has 0 saturated carbocycles. The number of benzene rings is 2. The third-order valence-corrected chi connectivity index (χ3v) is 6.37. The first-order valence-electron chi connectivity index (χ1n) is 11.7. The number of aliphatic carboxylic acids is 1. The van der Waals surface area contributed by atoms with Gasteiger partial charge in [0.2, 0.25) is 0 Å². The second kappa shape index (κ2) is 11.8. The van der Waals surface area contributed by atoms with Crippen LogP contribution in [0.15, 0.2) is 36.4 Å². The lowest BCUT2D eigenvalue weighted by Gasteiger charge is -2.32. The Morgan fingerprint density at radius 1 is 0.806 bits per heavy atom. The highest BCUT2D eigenvalue weighted by molar-refractivity contribution is 5.67. The lowest BCUT2D eigenvalue weighted by atomic mass is 9.72. The summed E-state index contributed by atoms with van der Waals surface area (Å²) in [4.78, 5) is 11.4. The minimum absolute atomic E-state index is 0.0502. The monoisotopic (exact) mass is 426 g/mol. The number of hydrogen-bond donors (Lipinski definition) is 3. The Hall–Kier alpha value is -2.49. The van der Waals surface area contributed by atoms with E-state index >= 15 is 0 Å². The van der Waals surface area contributed by atoms with Gasteiger partial charge in [-0.2, -0.15) is 0 Å². The van der Waals surface area contributed by atoms with Gasteiger partial charge < -0.3 is 15.3 Å². The molecular formula is C27H38O4. The van der Waals surface area contributed by atoms with E-state index in [1.54, 1.807) is 12.1 Å². The number of rotatable bonds is 13. The molecule has 0 atom stereocenters. The van der Waals surface area contributed by atoms with Gasteiger partial charge in [-0.25, -0.2) is 0 Å². The average Bonchev–Trinajstić information content (AvgIpc) is 2.75. The first-order valence-corrected chi connectivity index (χ1v) is 11.7. The predicted molar refractivity (Wildman–Crippen MR) is 126 cm³/mol. The van der Waals surface area contributed by atoms with E-state index in [0.717, 1.165) is 73.6 Å². The van der Waals surface area contributed by atoms with Crippen LogP contribution in [-0.4, -0.2) is 21.3 Å². The third kappa shape index (κ3) is 6.75. The van der Waals surface area contributed by atoms with Crippen molar-refractivity contribution in [3.8, 4) is 11.5 Å². The lowest BCUT2D eigenvalue weighted by Crippen LogP contribution is -2.25. The molecule has 0 aromatic heterocycles. The minimum Gasteiger partial charge on any atom is -0.508 e. The molecule has 4 heteroatoms. The van der Waals surface area contributed by atoms with Gasteiger partial charge in [-0.3, -0.25) is 4.79 Å². The maximum absolute atomic E-state index is 11.4. The minimum atomic E-state index is -0.824. The zero-order valence-electron chi connectivity index (χ0n) is 19.3. The van der Waals surface area contributed by atoms with Crippen LogP contribution in [0.3, 0.4) is 0 Å². The summed E-state index contributed by atoms with van der Waals surface area (Å²) < 4.78 is 0. The smallest absolute Gasteiger partial charge is 0.303 e. The van der Waals surface area contributed by atoms with Crippen molar-refractivity contribution < 1.29 is 20.1 Å². The molecule has 0 aliphatic carbocycles. The normalized spacial score (nSPS) is 11.6. The van der Waals surface area contributed by atoms with Crippen LogP contribution < -0.4 is 0 Å². The molecule has 2 rings (SSSR count). The number of carboxylic acid groups (broad SMARTS) is 1. The molecule has 170 valence electrons. The number of phenolic OH excluding ortho intramolecular Hbond substituents is 2. The van der Waals surface area contributed by atoms with E-state index in [-0.39, 0.29) is 6.42 Å². The van der Waals surface area contributed by atoms with Gasteiger partial charge in [-0.05, 0) is 66.5 Å². The molecule has 4 nitrogen and oxygen atoms in total. The molecule has 31 heavy (non-hydrogen) atoms. The van der Waals surface area contributed by atoms with Gasteiger partial charge in [0.05, 0.1) is 0 Å². The van der Waals surface area contributed by atoms with Crippen molar-refractivity contribution in [2.24, 2.45) is 0 Å². The molecular weight excluding hydrogens is 388 g/mol. The number of aromatic hydroxyl groups is 2. The van der Waals surface area contributed by atoms with Crippen molar-refractivity contribution >= 4 is 5.97 Å². The van der Waals surface area contributed by atoms with Crippen LogP contribution in [0.1, 0.15) is 94.4 Å². The summed E-state index contributed by atoms with van der Waals surface area (Å²) in [5, 5.41) is 30.1. The van der Waals surface area contributed by atoms with E-state index in [1.165, 1.54) is 0 Å². The van der Waals surface area contributed by atoms with Gasteiger partial charge in [-0.15, -0.1) is 0 Å². The molecule has 0 saturated heterocycles. The van der Waals surface area contributed by atoms with Gasteiger partial charge in [0.15, 0.2) is 0 Å². The van der Waals surface area contributed by atoms with E-state index in [0.29, 0.717) is 17.9 Å². The maximum atomic E-state index is 11.4.